The number of hydrogen-bond donors (Lipinski definition) is 0. The van der Waals surface area contributed by atoms with Crippen LogP contribution in [0.4, 0.5) is 0 Å². The third-order valence-electron chi connectivity index (χ3n) is 5.86. The Kier molecular flexibility index (Phi) is 5.51. The standard InChI is InChI=1S/C22H26N2O3S/c25-22(12-11-18-7-3-1-4-8-18)23-13-20-15-24(16-21(20)14-23)28(26,27)17-19-9-5-2-6-10-19/h1-10,20-21H,11-17H2/t20-,21+. The van der Waals surface area contributed by atoms with Crippen LogP contribution in [0.1, 0.15) is 17.5 Å². The predicted molar refractivity (Wildman–Crippen MR) is 109 cm³/mol. The number of carbonyl (C=O) groups is 1. The highest BCUT2D eigenvalue weighted by molar-refractivity contribution is 7.88. The summed E-state index contributed by atoms with van der Waals surface area (Å²) >= 11 is 0. The molecular weight excluding hydrogens is 372 g/mol. The molecule has 2 fully saturated rings. The lowest BCUT2D eigenvalue weighted by Gasteiger charge is -2.21. The average molecular weight is 399 g/mol. The molecule has 4 rings (SSSR count). The fraction of sp³-hybridized carbons (Fsp3) is 0.409. The molecule has 0 bridgehead atoms. The summed E-state index contributed by atoms with van der Waals surface area (Å²) in [6.45, 7) is 2.41. The molecule has 0 spiro atoms. The lowest BCUT2D eigenvalue weighted by Crippen LogP contribution is -2.36. The van der Waals surface area contributed by atoms with Crippen LogP contribution in [0.3, 0.4) is 0 Å². The maximum Gasteiger partial charge on any atom is 0.222 e. The molecule has 2 aliphatic heterocycles. The predicted octanol–water partition coefficient (Wildman–Crippen LogP) is 2.54. The summed E-state index contributed by atoms with van der Waals surface area (Å²) in [5.41, 5.74) is 1.99. The Morgan fingerprint density at radius 3 is 1.93 bits per heavy atom. The number of amides is 1. The maximum atomic E-state index is 12.8. The Balaban J connectivity index is 1.30. The summed E-state index contributed by atoms with van der Waals surface area (Å²) in [7, 11) is -3.31. The van der Waals surface area contributed by atoms with Crippen LogP contribution in [0.15, 0.2) is 60.7 Å². The van der Waals surface area contributed by atoms with Crippen LogP contribution in [0.5, 0.6) is 0 Å². The van der Waals surface area contributed by atoms with Crippen LogP contribution >= 0.6 is 0 Å². The molecule has 0 radical (unpaired) electrons. The number of aryl methyl sites for hydroxylation is 1. The lowest BCUT2D eigenvalue weighted by molar-refractivity contribution is -0.130. The zero-order valence-corrected chi connectivity index (χ0v) is 16.7. The molecule has 2 atom stereocenters. The van der Waals surface area contributed by atoms with E-state index in [1.165, 1.54) is 5.56 Å². The molecule has 0 aliphatic carbocycles. The maximum absolute atomic E-state index is 12.8. The first-order valence-electron chi connectivity index (χ1n) is 9.85. The second-order valence-corrected chi connectivity index (χ2v) is 9.83. The number of carbonyl (C=O) groups excluding carboxylic acids is 1. The Bertz CT molecular complexity index is 901. The van der Waals surface area contributed by atoms with Gasteiger partial charge in [-0.1, -0.05) is 60.7 Å². The van der Waals surface area contributed by atoms with Crippen LogP contribution in [-0.2, 0) is 27.0 Å². The van der Waals surface area contributed by atoms with Crippen molar-refractivity contribution in [3.8, 4) is 0 Å². The first kappa shape index (κ1) is 19.2. The minimum absolute atomic E-state index is 0.0486. The van der Waals surface area contributed by atoms with Gasteiger partial charge < -0.3 is 4.90 Å². The van der Waals surface area contributed by atoms with Gasteiger partial charge in [0.2, 0.25) is 15.9 Å². The van der Waals surface area contributed by atoms with E-state index < -0.39 is 10.0 Å². The summed E-state index contributed by atoms with van der Waals surface area (Å²) in [5, 5.41) is 0. The Morgan fingerprint density at radius 1 is 0.821 bits per heavy atom. The zero-order valence-electron chi connectivity index (χ0n) is 15.9. The SMILES string of the molecule is O=C(CCc1ccccc1)N1C[C@@H]2CN(S(=O)(=O)Cc3ccccc3)C[C@@H]2C1. The van der Waals surface area contributed by atoms with E-state index >= 15 is 0 Å². The average Bonchev–Trinajstić information content (AvgIpc) is 3.27. The van der Waals surface area contributed by atoms with E-state index in [0.717, 1.165) is 12.0 Å². The smallest absolute Gasteiger partial charge is 0.222 e. The Labute approximate surface area is 167 Å². The molecule has 2 aromatic carbocycles. The Hall–Kier alpha value is -2.18. The van der Waals surface area contributed by atoms with Crippen molar-refractivity contribution in [1.82, 2.24) is 9.21 Å². The molecule has 6 heteroatoms. The van der Waals surface area contributed by atoms with E-state index in [1.807, 2.05) is 65.6 Å². The van der Waals surface area contributed by atoms with Crippen LogP contribution in [0.2, 0.25) is 0 Å². The molecule has 0 saturated carbocycles. The van der Waals surface area contributed by atoms with Gasteiger partial charge in [-0.25, -0.2) is 12.7 Å². The monoisotopic (exact) mass is 398 g/mol. The summed E-state index contributed by atoms with van der Waals surface area (Å²) in [6.07, 6.45) is 1.27. The van der Waals surface area contributed by atoms with E-state index in [0.29, 0.717) is 32.6 Å². The molecule has 0 aromatic heterocycles. The van der Waals surface area contributed by atoms with Gasteiger partial charge in [0, 0.05) is 32.6 Å². The number of sulfonamides is 1. The molecule has 28 heavy (non-hydrogen) atoms. The van der Waals surface area contributed by atoms with Gasteiger partial charge in [0.25, 0.3) is 0 Å². The molecule has 0 N–H and O–H groups in total. The largest absolute Gasteiger partial charge is 0.342 e. The number of nitrogens with zero attached hydrogens (tertiary/aromatic N) is 2. The third kappa shape index (κ3) is 4.28. The topological polar surface area (TPSA) is 57.7 Å². The number of hydrogen-bond acceptors (Lipinski definition) is 3. The second-order valence-electron chi connectivity index (χ2n) is 7.86. The summed E-state index contributed by atoms with van der Waals surface area (Å²) in [5.74, 6) is 0.738. The van der Waals surface area contributed by atoms with Crippen molar-refractivity contribution in [2.24, 2.45) is 11.8 Å². The van der Waals surface area contributed by atoms with E-state index in [-0.39, 0.29) is 23.5 Å². The van der Waals surface area contributed by atoms with Gasteiger partial charge >= 0.3 is 0 Å². The zero-order chi connectivity index (χ0) is 19.6. The van der Waals surface area contributed by atoms with E-state index in [1.54, 1.807) is 4.31 Å². The molecule has 2 aliphatic rings. The van der Waals surface area contributed by atoms with Gasteiger partial charge in [-0.3, -0.25) is 4.79 Å². The number of benzene rings is 2. The molecule has 2 saturated heterocycles. The van der Waals surface area contributed by atoms with Crippen molar-refractivity contribution in [3.05, 3.63) is 71.8 Å². The minimum atomic E-state index is -3.31. The fourth-order valence-corrected chi connectivity index (χ4v) is 5.94. The van der Waals surface area contributed by atoms with E-state index in [2.05, 4.69) is 0 Å². The highest BCUT2D eigenvalue weighted by atomic mass is 32.2. The third-order valence-corrected chi connectivity index (χ3v) is 7.64. The van der Waals surface area contributed by atoms with Crippen molar-refractivity contribution < 1.29 is 13.2 Å². The molecule has 0 unspecified atom stereocenters. The summed E-state index contributed by atoms with van der Waals surface area (Å²) < 4.78 is 27.1. The number of rotatable bonds is 6. The van der Waals surface area contributed by atoms with Crippen molar-refractivity contribution in [3.63, 3.8) is 0 Å². The van der Waals surface area contributed by atoms with Gasteiger partial charge in [-0.2, -0.15) is 0 Å². The van der Waals surface area contributed by atoms with Crippen LogP contribution in [0, 0.1) is 11.8 Å². The molecule has 2 aromatic rings. The highest BCUT2D eigenvalue weighted by Crippen LogP contribution is 2.33. The minimum Gasteiger partial charge on any atom is -0.342 e. The fourth-order valence-electron chi connectivity index (χ4n) is 4.31. The van der Waals surface area contributed by atoms with E-state index in [9.17, 15) is 13.2 Å². The quantitative estimate of drug-likeness (QED) is 0.751. The number of likely N-dealkylation sites (tertiary alicyclic amines) is 1. The van der Waals surface area contributed by atoms with Crippen molar-refractivity contribution >= 4 is 15.9 Å². The van der Waals surface area contributed by atoms with Gasteiger partial charge in [0.15, 0.2) is 0 Å². The first-order chi connectivity index (χ1) is 13.5. The van der Waals surface area contributed by atoms with Crippen molar-refractivity contribution in [1.29, 1.82) is 0 Å². The molecular formula is C22H26N2O3S. The highest BCUT2D eigenvalue weighted by Gasteiger charge is 2.44. The molecule has 5 nitrogen and oxygen atoms in total. The van der Waals surface area contributed by atoms with Crippen molar-refractivity contribution in [2.45, 2.75) is 18.6 Å². The van der Waals surface area contributed by atoms with Crippen LogP contribution < -0.4 is 0 Å². The summed E-state index contributed by atoms with van der Waals surface area (Å²) in [4.78, 5) is 14.5. The van der Waals surface area contributed by atoms with Gasteiger partial charge in [0.05, 0.1) is 5.75 Å². The van der Waals surface area contributed by atoms with Gasteiger partial charge in [-0.15, -0.1) is 0 Å². The lowest BCUT2D eigenvalue weighted by atomic mass is 10.0. The first-order valence-corrected chi connectivity index (χ1v) is 11.5. The number of fused-ring (bicyclic) bond motifs is 1. The molecule has 148 valence electrons. The Morgan fingerprint density at radius 2 is 1.36 bits per heavy atom. The van der Waals surface area contributed by atoms with Gasteiger partial charge in [0.1, 0.15) is 0 Å². The van der Waals surface area contributed by atoms with Crippen LogP contribution in [0.25, 0.3) is 0 Å². The normalized spacial score (nSPS) is 22.4. The summed E-state index contributed by atoms with van der Waals surface area (Å²) in [6, 6.07) is 19.4. The van der Waals surface area contributed by atoms with Crippen LogP contribution in [-0.4, -0.2) is 49.7 Å². The van der Waals surface area contributed by atoms with E-state index in [4.69, 9.17) is 0 Å². The molecule has 2 heterocycles. The van der Waals surface area contributed by atoms with Crippen molar-refractivity contribution in [2.75, 3.05) is 26.2 Å². The molecule has 1 amide bonds. The van der Waals surface area contributed by atoms with Gasteiger partial charge in [-0.05, 0) is 29.4 Å². The second kappa shape index (κ2) is 8.05.